The van der Waals surface area contributed by atoms with Crippen molar-refractivity contribution in [3.63, 3.8) is 0 Å². The van der Waals surface area contributed by atoms with Crippen LogP contribution in [0.25, 0.3) is 0 Å². The summed E-state index contributed by atoms with van der Waals surface area (Å²) in [6, 6.07) is -1.02. The SMILES string of the molecule is CC(C)c1nc(C(=O)N2C[C@H](O)C[C@@H]2C(=O)O)n[nH]1. The fourth-order valence-corrected chi connectivity index (χ4v) is 2.03. The number of carbonyl (C=O) groups is 2. The van der Waals surface area contributed by atoms with Crippen LogP contribution in [0.5, 0.6) is 0 Å². The minimum atomic E-state index is -1.13. The van der Waals surface area contributed by atoms with Crippen LogP contribution in [-0.4, -0.2) is 60.9 Å². The highest BCUT2D eigenvalue weighted by Gasteiger charge is 2.40. The summed E-state index contributed by atoms with van der Waals surface area (Å²) in [6.45, 7) is 3.78. The molecule has 8 heteroatoms. The van der Waals surface area contributed by atoms with Crippen molar-refractivity contribution in [2.24, 2.45) is 0 Å². The second kappa shape index (κ2) is 4.96. The number of aliphatic hydroxyl groups excluding tert-OH is 1. The molecule has 2 rings (SSSR count). The molecule has 2 heterocycles. The summed E-state index contributed by atoms with van der Waals surface area (Å²) in [5, 5.41) is 25.0. The molecule has 1 saturated heterocycles. The third-order valence-electron chi connectivity index (χ3n) is 3.07. The summed E-state index contributed by atoms with van der Waals surface area (Å²) in [7, 11) is 0. The second-order valence-electron chi connectivity index (χ2n) is 4.90. The van der Waals surface area contributed by atoms with Gasteiger partial charge in [-0.3, -0.25) is 9.89 Å². The second-order valence-corrected chi connectivity index (χ2v) is 4.90. The van der Waals surface area contributed by atoms with E-state index in [1.807, 2.05) is 13.8 Å². The normalized spacial score (nSPS) is 23.1. The first-order chi connectivity index (χ1) is 8.90. The number of aliphatic carboxylic acids is 1. The Morgan fingerprint density at radius 2 is 2.16 bits per heavy atom. The van der Waals surface area contributed by atoms with E-state index in [4.69, 9.17) is 5.11 Å². The van der Waals surface area contributed by atoms with Crippen LogP contribution >= 0.6 is 0 Å². The molecule has 8 nitrogen and oxygen atoms in total. The number of H-pyrrole nitrogens is 1. The van der Waals surface area contributed by atoms with Gasteiger partial charge < -0.3 is 15.1 Å². The molecule has 1 aromatic heterocycles. The summed E-state index contributed by atoms with van der Waals surface area (Å²) in [4.78, 5) is 28.3. The first-order valence-corrected chi connectivity index (χ1v) is 6.04. The lowest BCUT2D eigenvalue weighted by Crippen LogP contribution is -2.41. The number of nitrogens with zero attached hydrogens (tertiary/aromatic N) is 3. The Labute approximate surface area is 109 Å². The maximum atomic E-state index is 12.1. The van der Waals surface area contributed by atoms with Gasteiger partial charge in [-0.1, -0.05) is 13.8 Å². The lowest BCUT2D eigenvalue weighted by Gasteiger charge is -2.19. The van der Waals surface area contributed by atoms with Crippen LogP contribution in [0.4, 0.5) is 0 Å². The summed E-state index contributed by atoms with van der Waals surface area (Å²) in [5.41, 5.74) is 0. The predicted molar refractivity (Wildman–Crippen MR) is 63.6 cm³/mol. The quantitative estimate of drug-likeness (QED) is 0.685. The van der Waals surface area contributed by atoms with E-state index >= 15 is 0 Å². The fraction of sp³-hybridized carbons (Fsp3) is 0.636. The monoisotopic (exact) mass is 268 g/mol. The average Bonchev–Trinajstić information content (AvgIpc) is 2.94. The molecule has 1 aliphatic rings. The van der Waals surface area contributed by atoms with E-state index in [0.29, 0.717) is 5.82 Å². The summed E-state index contributed by atoms with van der Waals surface area (Å²) in [6.07, 6.45) is -0.795. The molecule has 1 fully saturated rings. The van der Waals surface area contributed by atoms with Gasteiger partial charge in [0, 0.05) is 18.9 Å². The third kappa shape index (κ3) is 2.58. The highest BCUT2D eigenvalue weighted by molar-refractivity contribution is 5.94. The van der Waals surface area contributed by atoms with Crippen LogP contribution in [0.15, 0.2) is 0 Å². The van der Waals surface area contributed by atoms with Gasteiger partial charge in [-0.2, -0.15) is 0 Å². The van der Waals surface area contributed by atoms with Crippen molar-refractivity contribution < 1.29 is 19.8 Å². The van der Waals surface area contributed by atoms with Crippen molar-refractivity contribution in [3.8, 4) is 0 Å². The molecule has 1 amide bonds. The van der Waals surface area contributed by atoms with Crippen molar-refractivity contribution in [3.05, 3.63) is 11.6 Å². The number of hydrogen-bond donors (Lipinski definition) is 3. The van der Waals surface area contributed by atoms with Crippen molar-refractivity contribution in [1.82, 2.24) is 20.1 Å². The Hall–Kier alpha value is -1.96. The molecule has 1 aliphatic heterocycles. The number of carboxylic acid groups (broad SMARTS) is 1. The zero-order valence-corrected chi connectivity index (χ0v) is 10.7. The molecule has 0 bridgehead atoms. The number of amides is 1. The van der Waals surface area contributed by atoms with Gasteiger partial charge in [0.25, 0.3) is 5.91 Å². The first kappa shape index (κ1) is 13.5. The van der Waals surface area contributed by atoms with Crippen LogP contribution in [0.2, 0.25) is 0 Å². The Balaban J connectivity index is 2.20. The van der Waals surface area contributed by atoms with Crippen LogP contribution in [0.1, 0.15) is 42.6 Å². The largest absolute Gasteiger partial charge is 0.480 e. The molecule has 19 heavy (non-hydrogen) atoms. The maximum Gasteiger partial charge on any atom is 0.326 e. The van der Waals surface area contributed by atoms with Crippen molar-refractivity contribution in [1.29, 1.82) is 0 Å². The van der Waals surface area contributed by atoms with E-state index in [0.717, 1.165) is 4.90 Å². The summed E-state index contributed by atoms with van der Waals surface area (Å²) < 4.78 is 0. The van der Waals surface area contributed by atoms with Crippen LogP contribution in [0, 0.1) is 0 Å². The van der Waals surface area contributed by atoms with Gasteiger partial charge in [0.1, 0.15) is 11.9 Å². The Bertz CT molecular complexity index is 499. The van der Waals surface area contributed by atoms with Gasteiger partial charge in [-0.15, -0.1) is 5.10 Å². The molecule has 3 N–H and O–H groups in total. The van der Waals surface area contributed by atoms with Crippen LogP contribution in [-0.2, 0) is 4.79 Å². The van der Waals surface area contributed by atoms with E-state index < -0.39 is 24.0 Å². The zero-order valence-electron chi connectivity index (χ0n) is 10.7. The number of carbonyl (C=O) groups excluding carboxylic acids is 1. The van der Waals surface area contributed by atoms with Crippen LogP contribution in [0.3, 0.4) is 0 Å². The van der Waals surface area contributed by atoms with Gasteiger partial charge in [-0.25, -0.2) is 9.78 Å². The molecule has 104 valence electrons. The van der Waals surface area contributed by atoms with Crippen molar-refractivity contribution >= 4 is 11.9 Å². The maximum absolute atomic E-state index is 12.1. The number of aliphatic hydroxyl groups is 1. The van der Waals surface area contributed by atoms with E-state index in [9.17, 15) is 14.7 Å². The van der Waals surface area contributed by atoms with Gasteiger partial charge >= 0.3 is 5.97 Å². The highest BCUT2D eigenvalue weighted by atomic mass is 16.4. The first-order valence-electron chi connectivity index (χ1n) is 6.04. The molecular weight excluding hydrogens is 252 g/mol. The average molecular weight is 268 g/mol. The summed E-state index contributed by atoms with van der Waals surface area (Å²) >= 11 is 0. The van der Waals surface area contributed by atoms with Gasteiger partial charge in [0.15, 0.2) is 0 Å². The molecule has 0 saturated carbocycles. The topological polar surface area (TPSA) is 119 Å². The number of aromatic nitrogens is 3. The number of rotatable bonds is 3. The van der Waals surface area contributed by atoms with E-state index in [-0.39, 0.29) is 24.7 Å². The number of likely N-dealkylation sites (tertiary alicyclic amines) is 1. The molecular formula is C11H16N4O4. The molecule has 0 spiro atoms. The number of β-amino-alcohol motifs (C(OH)–C–C–N with tert-alkyl or cyclic N) is 1. The van der Waals surface area contributed by atoms with Crippen molar-refractivity contribution in [2.45, 2.75) is 38.3 Å². The Morgan fingerprint density at radius 1 is 1.47 bits per heavy atom. The Morgan fingerprint density at radius 3 is 2.68 bits per heavy atom. The number of nitrogens with one attached hydrogen (secondary N) is 1. The van der Waals surface area contributed by atoms with Gasteiger partial charge in [0.05, 0.1) is 6.10 Å². The third-order valence-corrected chi connectivity index (χ3v) is 3.07. The van der Waals surface area contributed by atoms with Gasteiger partial charge in [0.2, 0.25) is 5.82 Å². The number of hydrogen-bond acceptors (Lipinski definition) is 5. The van der Waals surface area contributed by atoms with Crippen molar-refractivity contribution in [2.75, 3.05) is 6.54 Å². The molecule has 0 unspecified atom stereocenters. The Kier molecular flexibility index (Phi) is 3.52. The van der Waals surface area contributed by atoms with Crippen LogP contribution < -0.4 is 0 Å². The van der Waals surface area contributed by atoms with E-state index in [2.05, 4.69) is 15.2 Å². The van der Waals surface area contributed by atoms with E-state index in [1.165, 1.54) is 0 Å². The fourth-order valence-electron chi connectivity index (χ4n) is 2.03. The molecule has 2 atom stereocenters. The lowest BCUT2D eigenvalue weighted by molar-refractivity contribution is -0.141. The van der Waals surface area contributed by atoms with E-state index in [1.54, 1.807) is 0 Å². The molecule has 1 aromatic rings. The summed E-state index contributed by atoms with van der Waals surface area (Å²) in [5.74, 6) is -1.12. The minimum absolute atomic E-state index is 0.0125. The lowest BCUT2D eigenvalue weighted by atomic mass is 10.2. The molecule has 0 aliphatic carbocycles. The number of carboxylic acids is 1. The standard InChI is InChI=1S/C11H16N4O4/c1-5(2)8-12-9(14-13-8)10(17)15-4-6(16)3-7(15)11(18)19/h5-7,16H,3-4H2,1-2H3,(H,18,19)(H,12,13,14)/t6-,7-/m1/s1. The smallest absolute Gasteiger partial charge is 0.326 e. The predicted octanol–water partition coefficient (Wildman–Crippen LogP) is -0.412. The molecule has 0 radical (unpaired) electrons. The zero-order chi connectivity index (χ0) is 14.2. The van der Waals surface area contributed by atoms with Gasteiger partial charge in [-0.05, 0) is 0 Å². The highest BCUT2D eigenvalue weighted by Crippen LogP contribution is 2.20. The number of aromatic amines is 1. The minimum Gasteiger partial charge on any atom is -0.480 e. The molecule has 0 aromatic carbocycles.